The number of hydrogen-bond acceptors (Lipinski definition) is 4. The number of hydrogen-bond donors (Lipinski definition) is 2. The molecule has 0 saturated heterocycles. The van der Waals surface area contributed by atoms with Crippen molar-refractivity contribution in [2.45, 2.75) is 0 Å². The van der Waals surface area contributed by atoms with Crippen LogP contribution >= 0.6 is 11.6 Å². The Balaban J connectivity index is 2.60. The molecule has 0 aliphatic heterocycles. The van der Waals surface area contributed by atoms with Gasteiger partial charge in [-0.15, -0.1) is 0 Å². The minimum absolute atomic E-state index is 0.119. The van der Waals surface area contributed by atoms with Gasteiger partial charge in [-0.2, -0.15) is 0 Å². The van der Waals surface area contributed by atoms with Gasteiger partial charge < -0.3 is 15.7 Å². The Morgan fingerprint density at radius 3 is 2.63 bits per heavy atom. The van der Waals surface area contributed by atoms with Gasteiger partial charge in [0.1, 0.15) is 10.9 Å². The number of oxime groups is 1. The van der Waals surface area contributed by atoms with E-state index in [0.717, 1.165) is 5.56 Å². The lowest BCUT2D eigenvalue weighted by molar-refractivity contribution is 0.318. The van der Waals surface area contributed by atoms with Gasteiger partial charge >= 0.3 is 0 Å². The Bertz CT molecular complexity index is 615. The van der Waals surface area contributed by atoms with Crippen LogP contribution in [0.1, 0.15) is 5.56 Å². The standard InChI is InChI=1S/C13H12ClN3O2/c1-19-10-7-9(8-5-3-2-4-6-8)16-12(14)11(10)13(15)17-18/h2-7,18H,1H3,(H2,15,17). The molecule has 5 nitrogen and oxygen atoms in total. The second-order valence-electron chi connectivity index (χ2n) is 3.73. The Hall–Kier alpha value is -2.27. The lowest BCUT2D eigenvalue weighted by atomic mass is 10.1. The molecule has 1 heterocycles. The van der Waals surface area contributed by atoms with Crippen molar-refractivity contribution in [2.24, 2.45) is 10.9 Å². The Labute approximate surface area is 115 Å². The lowest BCUT2D eigenvalue weighted by Gasteiger charge is -2.11. The molecule has 0 amide bonds. The number of benzene rings is 1. The Kier molecular flexibility index (Phi) is 3.87. The molecule has 98 valence electrons. The minimum atomic E-state index is -0.144. The average Bonchev–Trinajstić information content (AvgIpc) is 2.46. The highest BCUT2D eigenvalue weighted by Crippen LogP contribution is 2.30. The van der Waals surface area contributed by atoms with Crippen LogP contribution in [0.15, 0.2) is 41.6 Å². The largest absolute Gasteiger partial charge is 0.496 e. The van der Waals surface area contributed by atoms with E-state index in [1.807, 2.05) is 30.3 Å². The van der Waals surface area contributed by atoms with E-state index in [-0.39, 0.29) is 16.6 Å². The van der Waals surface area contributed by atoms with Gasteiger partial charge in [-0.25, -0.2) is 4.98 Å². The zero-order valence-electron chi connectivity index (χ0n) is 10.2. The number of aromatic nitrogens is 1. The summed E-state index contributed by atoms with van der Waals surface area (Å²) in [5.74, 6) is 0.253. The molecule has 0 spiro atoms. The summed E-state index contributed by atoms with van der Waals surface area (Å²) >= 11 is 6.07. The molecule has 0 atom stereocenters. The zero-order valence-corrected chi connectivity index (χ0v) is 10.9. The molecular formula is C13H12ClN3O2. The first-order chi connectivity index (χ1) is 9.17. The summed E-state index contributed by atoms with van der Waals surface area (Å²) in [6.45, 7) is 0. The fourth-order valence-electron chi connectivity index (χ4n) is 1.69. The molecule has 0 aliphatic rings. The summed E-state index contributed by atoms with van der Waals surface area (Å²) in [6.07, 6.45) is 0. The molecule has 0 aliphatic carbocycles. The number of amidine groups is 1. The van der Waals surface area contributed by atoms with Crippen molar-refractivity contribution in [2.75, 3.05) is 7.11 Å². The number of pyridine rings is 1. The molecule has 2 rings (SSSR count). The predicted molar refractivity (Wildman–Crippen MR) is 73.7 cm³/mol. The third kappa shape index (κ3) is 2.61. The highest BCUT2D eigenvalue weighted by atomic mass is 35.5. The molecule has 0 radical (unpaired) electrons. The van der Waals surface area contributed by atoms with Gasteiger partial charge in [0.15, 0.2) is 5.84 Å². The number of nitrogens with zero attached hydrogens (tertiary/aromatic N) is 2. The zero-order chi connectivity index (χ0) is 13.8. The smallest absolute Gasteiger partial charge is 0.177 e. The molecule has 0 fully saturated rings. The van der Waals surface area contributed by atoms with Crippen LogP contribution in [0.5, 0.6) is 5.75 Å². The number of halogens is 1. The summed E-state index contributed by atoms with van der Waals surface area (Å²) in [7, 11) is 1.48. The topological polar surface area (TPSA) is 80.7 Å². The number of rotatable bonds is 3. The van der Waals surface area contributed by atoms with E-state index >= 15 is 0 Å². The van der Waals surface area contributed by atoms with E-state index in [9.17, 15) is 0 Å². The number of ether oxygens (including phenoxy) is 1. The summed E-state index contributed by atoms with van der Waals surface area (Å²) in [6, 6.07) is 11.2. The predicted octanol–water partition coefficient (Wildman–Crippen LogP) is 2.51. The van der Waals surface area contributed by atoms with Gasteiger partial charge in [-0.1, -0.05) is 47.1 Å². The van der Waals surface area contributed by atoms with Gasteiger partial charge in [-0.3, -0.25) is 0 Å². The van der Waals surface area contributed by atoms with Crippen molar-refractivity contribution in [3.63, 3.8) is 0 Å². The van der Waals surface area contributed by atoms with Gasteiger partial charge in [0.2, 0.25) is 0 Å². The van der Waals surface area contributed by atoms with Crippen molar-refractivity contribution < 1.29 is 9.94 Å². The van der Waals surface area contributed by atoms with Gasteiger partial charge in [0.05, 0.1) is 18.4 Å². The van der Waals surface area contributed by atoms with E-state index < -0.39 is 0 Å². The summed E-state index contributed by atoms with van der Waals surface area (Å²) < 4.78 is 5.21. The normalized spacial score (nSPS) is 11.4. The SMILES string of the molecule is COc1cc(-c2ccccc2)nc(Cl)c1/C(N)=N\O. The van der Waals surface area contributed by atoms with Crippen molar-refractivity contribution in [3.05, 3.63) is 47.1 Å². The van der Waals surface area contributed by atoms with E-state index in [1.54, 1.807) is 6.07 Å². The van der Waals surface area contributed by atoms with E-state index in [0.29, 0.717) is 11.4 Å². The molecule has 19 heavy (non-hydrogen) atoms. The summed E-state index contributed by atoms with van der Waals surface area (Å²) in [4.78, 5) is 4.23. The second kappa shape index (κ2) is 5.58. The third-order valence-electron chi connectivity index (χ3n) is 2.59. The van der Waals surface area contributed by atoms with E-state index in [1.165, 1.54) is 7.11 Å². The molecule has 0 unspecified atom stereocenters. The summed E-state index contributed by atoms with van der Waals surface area (Å²) in [5, 5.41) is 11.8. The van der Waals surface area contributed by atoms with E-state index in [2.05, 4.69) is 10.1 Å². The fourth-order valence-corrected chi connectivity index (χ4v) is 1.97. The molecule has 2 aromatic rings. The van der Waals surface area contributed by atoms with Crippen LogP contribution in [0.3, 0.4) is 0 Å². The van der Waals surface area contributed by atoms with Crippen LogP contribution in [0, 0.1) is 0 Å². The summed E-state index contributed by atoms with van der Waals surface area (Å²) in [5.41, 5.74) is 7.37. The molecule has 1 aromatic heterocycles. The maximum Gasteiger partial charge on any atom is 0.177 e. The average molecular weight is 278 g/mol. The van der Waals surface area contributed by atoms with Crippen LogP contribution in [0.25, 0.3) is 11.3 Å². The van der Waals surface area contributed by atoms with Gasteiger partial charge in [-0.05, 0) is 0 Å². The van der Waals surface area contributed by atoms with Crippen molar-refractivity contribution in [1.29, 1.82) is 0 Å². The molecule has 3 N–H and O–H groups in total. The van der Waals surface area contributed by atoms with Crippen LogP contribution in [0.2, 0.25) is 5.15 Å². The molecule has 0 saturated carbocycles. The monoisotopic (exact) mass is 277 g/mol. The first-order valence-corrected chi connectivity index (χ1v) is 5.83. The van der Waals surface area contributed by atoms with E-state index in [4.69, 9.17) is 27.3 Å². The van der Waals surface area contributed by atoms with Crippen LogP contribution in [-0.2, 0) is 0 Å². The van der Waals surface area contributed by atoms with Crippen molar-refractivity contribution in [1.82, 2.24) is 4.98 Å². The lowest BCUT2D eigenvalue weighted by Crippen LogP contribution is -2.16. The Morgan fingerprint density at radius 1 is 1.37 bits per heavy atom. The van der Waals surface area contributed by atoms with Crippen LogP contribution < -0.4 is 10.5 Å². The van der Waals surface area contributed by atoms with Gasteiger partial charge in [0.25, 0.3) is 0 Å². The van der Waals surface area contributed by atoms with Crippen molar-refractivity contribution in [3.8, 4) is 17.0 Å². The van der Waals surface area contributed by atoms with Gasteiger partial charge in [0, 0.05) is 11.6 Å². The minimum Gasteiger partial charge on any atom is -0.496 e. The first-order valence-electron chi connectivity index (χ1n) is 5.45. The molecule has 1 aromatic carbocycles. The second-order valence-corrected chi connectivity index (χ2v) is 4.08. The third-order valence-corrected chi connectivity index (χ3v) is 2.87. The van der Waals surface area contributed by atoms with Crippen LogP contribution in [0.4, 0.5) is 0 Å². The first kappa shape index (κ1) is 13.2. The van der Waals surface area contributed by atoms with Crippen molar-refractivity contribution >= 4 is 17.4 Å². The maximum atomic E-state index is 8.74. The Morgan fingerprint density at radius 2 is 2.05 bits per heavy atom. The molecule has 0 bridgehead atoms. The van der Waals surface area contributed by atoms with Crippen LogP contribution in [-0.4, -0.2) is 23.1 Å². The quantitative estimate of drug-likeness (QED) is 0.297. The fraction of sp³-hybridized carbons (Fsp3) is 0.0769. The number of methoxy groups -OCH3 is 1. The molecule has 6 heteroatoms. The number of nitrogens with two attached hydrogens (primary N) is 1. The molecular weight excluding hydrogens is 266 g/mol. The highest BCUT2D eigenvalue weighted by Gasteiger charge is 2.16. The highest BCUT2D eigenvalue weighted by molar-refractivity contribution is 6.33. The maximum absolute atomic E-state index is 8.74.